The van der Waals surface area contributed by atoms with E-state index in [0.29, 0.717) is 54.2 Å². The number of nitrogens with zero attached hydrogens (tertiary/aromatic N) is 2. The molecule has 2 fully saturated rings. The number of halogens is 3. The lowest BCUT2D eigenvalue weighted by Gasteiger charge is -2.31. The van der Waals surface area contributed by atoms with Crippen molar-refractivity contribution >= 4 is 56.8 Å². The van der Waals surface area contributed by atoms with Crippen molar-refractivity contribution in [2.24, 2.45) is 5.92 Å². The van der Waals surface area contributed by atoms with Crippen LogP contribution in [-0.2, 0) is 0 Å². The Morgan fingerprint density at radius 3 is 2.55 bits per heavy atom. The average Bonchev–Trinajstić information content (AvgIpc) is 3.64. The minimum Gasteiger partial charge on any atom is -0.453 e. The number of amides is 1. The first-order valence-electron chi connectivity index (χ1n) is 12.6. The van der Waals surface area contributed by atoms with Crippen molar-refractivity contribution in [1.29, 1.82) is 0 Å². The largest absolute Gasteiger partial charge is 0.453 e. The van der Waals surface area contributed by atoms with E-state index in [9.17, 15) is 18.8 Å². The second kappa shape index (κ2) is 9.84. The SMILES string of the molecule is O=C(CC1CCN(NC(=O)c2cn(C3CC3)c3cc(Cl)c(F)cc3c2=O)CC1)c1cc2cc(Cl)ccc2o1. The molecule has 0 bridgehead atoms. The van der Waals surface area contributed by atoms with Gasteiger partial charge in [0.05, 0.1) is 10.5 Å². The van der Waals surface area contributed by atoms with E-state index >= 15 is 0 Å². The highest BCUT2D eigenvalue weighted by atomic mass is 35.5. The lowest BCUT2D eigenvalue weighted by molar-refractivity contribution is 0.0673. The number of nitrogens with one attached hydrogen (secondary N) is 1. The molecule has 0 radical (unpaired) electrons. The quantitative estimate of drug-likeness (QED) is 0.288. The number of carbonyl (C=O) groups is 2. The third kappa shape index (κ3) is 4.84. The van der Waals surface area contributed by atoms with Crippen LogP contribution in [0.25, 0.3) is 21.9 Å². The maximum absolute atomic E-state index is 14.2. The molecule has 1 aliphatic heterocycles. The van der Waals surface area contributed by atoms with Crippen molar-refractivity contribution in [3.05, 3.63) is 80.0 Å². The molecule has 10 heteroatoms. The van der Waals surface area contributed by atoms with E-state index in [1.165, 1.54) is 6.07 Å². The Morgan fingerprint density at radius 1 is 1.05 bits per heavy atom. The molecule has 38 heavy (non-hydrogen) atoms. The Balaban J connectivity index is 1.12. The zero-order chi connectivity index (χ0) is 26.6. The van der Waals surface area contributed by atoms with Gasteiger partial charge in [0.1, 0.15) is 17.0 Å². The van der Waals surface area contributed by atoms with Crippen molar-refractivity contribution in [2.45, 2.75) is 38.1 Å². The van der Waals surface area contributed by atoms with Crippen LogP contribution in [0.1, 0.15) is 59.1 Å². The van der Waals surface area contributed by atoms with Gasteiger partial charge in [0.15, 0.2) is 11.5 Å². The van der Waals surface area contributed by atoms with Gasteiger partial charge in [-0.05, 0) is 68.0 Å². The fourth-order valence-corrected chi connectivity index (χ4v) is 5.47. The summed E-state index contributed by atoms with van der Waals surface area (Å²) in [6.45, 7) is 1.07. The number of aromatic nitrogens is 1. The molecule has 0 atom stereocenters. The van der Waals surface area contributed by atoms with Crippen molar-refractivity contribution < 1.29 is 18.4 Å². The molecule has 3 heterocycles. The van der Waals surface area contributed by atoms with Crippen LogP contribution in [0.3, 0.4) is 0 Å². The van der Waals surface area contributed by atoms with Gasteiger partial charge in [0.25, 0.3) is 5.91 Å². The van der Waals surface area contributed by atoms with Crippen LogP contribution >= 0.6 is 23.2 Å². The minimum absolute atomic E-state index is 0.0339. The van der Waals surface area contributed by atoms with E-state index in [2.05, 4.69) is 5.43 Å². The van der Waals surface area contributed by atoms with E-state index in [4.69, 9.17) is 27.6 Å². The van der Waals surface area contributed by atoms with Gasteiger partial charge < -0.3 is 8.98 Å². The molecule has 1 aliphatic carbocycles. The number of hydrazine groups is 1. The summed E-state index contributed by atoms with van der Waals surface area (Å²) in [4.78, 5) is 39.0. The molecule has 6 rings (SSSR count). The molecule has 7 nitrogen and oxygen atoms in total. The van der Waals surface area contributed by atoms with Crippen LogP contribution in [0.2, 0.25) is 10.0 Å². The second-order valence-electron chi connectivity index (χ2n) is 10.1. The smallest absolute Gasteiger partial charge is 0.271 e. The molecule has 0 spiro atoms. The zero-order valence-electron chi connectivity index (χ0n) is 20.3. The molecule has 4 aromatic rings. The first-order valence-corrected chi connectivity index (χ1v) is 13.3. The summed E-state index contributed by atoms with van der Waals surface area (Å²) in [7, 11) is 0. The number of piperidine rings is 1. The molecular weight excluding hydrogens is 532 g/mol. The van der Waals surface area contributed by atoms with Gasteiger partial charge in [-0.15, -0.1) is 0 Å². The normalized spacial score (nSPS) is 16.8. The molecule has 1 N–H and O–H groups in total. The molecule has 2 aromatic carbocycles. The number of carbonyl (C=O) groups excluding carboxylic acids is 2. The van der Waals surface area contributed by atoms with Crippen LogP contribution in [0, 0.1) is 11.7 Å². The summed E-state index contributed by atoms with van der Waals surface area (Å²) in [5, 5.41) is 3.21. The maximum atomic E-state index is 14.2. The van der Waals surface area contributed by atoms with E-state index in [0.717, 1.165) is 24.3 Å². The van der Waals surface area contributed by atoms with Gasteiger partial charge in [-0.1, -0.05) is 23.2 Å². The predicted octanol–water partition coefficient (Wildman–Crippen LogP) is 6.16. The Morgan fingerprint density at radius 2 is 1.82 bits per heavy atom. The lowest BCUT2D eigenvalue weighted by Crippen LogP contribution is -2.47. The number of furan rings is 1. The van der Waals surface area contributed by atoms with Gasteiger partial charge in [-0.2, -0.15) is 0 Å². The summed E-state index contributed by atoms with van der Waals surface area (Å²) in [6, 6.07) is 9.66. The van der Waals surface area contributed by atoms with Crippen molar-refractivity contribution in [3.8, 4) is 0 Å². The van der Waals surface area contributed by atoms with E-state index in [1.807, 2.05) is 4.57 Å². The van der Waals surface area contributed by atoms with Gasteiger partial charge in [0.2, 0.25) is 5.43 Å². The highest BCUT2D eigenvalue weighted by Gasteiger charge is 2.29. The minimum atomic E-state index is -0.695. The fourth-order valence-electron chi connectivity index (χ4n) is 5.13. The van der Waals surface area contributed by atoms with Crippen LogP contribution < -0.4 is 10.9 Å². The monoisotopic (exact) mass is 555 g/mol. The molecule has 2 aromatic heterocycles. The van der Waals surface area contributed by atoms with Gasteiger partial charge in [0, 0.05) is 47.5 Å². The molecule has 196 valence electrons. The number of hydrogen-bond donors (Lipinski definition) is 1. The summed E-state index contributed by atoms with van der Waals surface area (Å²) in [5.41, 5.74) is 3.41. The summed E-state index contributed by atoms with van der Waals surface area (Å²) < 4.78 is 21.7. The number of pyridine rings is 1. The van der Waals surface area contributed by atoms with Crippen LogP contribution in [0.4, 0.5) is 4.39 Å². The Kier molecular flexibility index (Phi) is 6.50. The van der Waals surface area contributed by atoms with E-state index in [1.54, 1.807) is 35.5 Å². The molecule has 1 saturated carbocycles. The highest BCUT2D eigenvalue weighted by molar-refractivity contribution is 6.31. The third-order valence-corrected chi connectivity index (χ3v) is 7.89. The van der Waals surface area contributed by atoms with Crippen molar-refractivity contribution in [3.63, 3.8) is 0 Å². The molecule has 1 amide bonds. The Hall–Kier alpha value is -3.20. The van der Waals surface area contributed by atoms with E-state index in [-0.39, 0.29) is 33.7 Å². The summed E-state index contributed by atoms with van der Waals surface area (Å²) >= 11 is 12.0. The number of rotatable bonds is 6. The number of Topliss-reactive ketones (excluding diaryl/α,β-unsaturated/α-hetero) is 1. The molecular formula is C28H24Cl2FN3O4. The first kappa shape index (κ1) is 25.1. The highest BCUT2D eigenvalue weighted by Crippen LogP contribution is 2.37. The van der Waals surface area contributed by atoms with Gasteiger partial charge in [-0.25, -0.2) is 9.40 Å². The molecule has 2 aliphatic rings. The predicted molar refractivity (Wildman–Crippen MR) is 143 cm³/mol. The summed E-state index contributed by atoms with van der Waals surface area (Å²) in [6.07, 6.45) is 5.14. The third-order valence-electron chi connectivity index (χ3n) is 7.36. The van der Waals surface area contributed by atoms with Gasteiger partial charge in [-0.3, -0.25) is 19.8 Å². The molecule has 0 unspecified atom stereocenters. The number of ketones is 1. The fraction of sp³-hybridized carbons (Fsp3) is 0.321. The first-order chi connectivity index (χ1) is 18.3. The topological polar surface area (TPSA) is 84.5 Å². The number of hydrogen-bond acceptors (Lipinski definition) is 5. The van der Waals surface area contributed by atoms with Crippen molar-refractivity contribution in [1.82, 2.24) is 15.0 Å². The second-order valence-corrected chi connectivity index (χ2v) is 10.9. The van der Waals surface area contributed by atoms with Crippen LogP contribution in [0.5, 0.6) is 0 Å². The number of benzene rings is 2. The van der Waals surface area contributed by atoms with Crippen LogP contribution in [0.15, 0.2) is 51.8 Å². The maximum Gasteiger partial charge on any atom is 0.271 e. The zero-order valence-corrected chi connectivity index (χ0v) is 21.8. The van der Waals surface area contributed by atoms with Gasteiger partial charge >= 0.3 is 0 Å². The standard InChI is InChI=1S/C28H24Cl2FN3O4/c29-17-1-4-25-16(10-17)11-26(38-25)24(35)9-15-5-7-33(8-6-15)32-28(37)20-14-34(18-2-3-18)23-13-21(30)22(31)12-19(23)27(20)36/h1,4,10-15,18H,2-3,5-9H2,(H,32,37). The van der Waals surface area contributed by atoms with Crippen LogP contribution in [-0.4, -0.2) is 34.4 Å². The van der Waals surface area contributed by atoms with Crippen molar-refractivity contribution in [2.75, 3.05) is 13.1 Å². The Labute approximate surface area is 227 Å². The lowest BCUT2D eigenvalue weighted by atomic mass is 9.92. The molecule has 1 saturated heterocycles. The summed E-state index contributed by atoms with van der Waals surface area (Å²) in [5.74, 6) is -0.827. The Bertz CT molecular complexity index is 1650. The van der Waals surface area contributed by atoms with E-state index < -0.39 is 17.2 Å². The number of fused-ring (bicyclic) bond motifs is 2. The average molecular weight is 556 g/mol.